The largest absolute Gasteiger partial charge is 0.485 e. The van der Waals surface area contributed by atoms with Crippen LogP contribution in [0.15, 0.2) is 30.3 Å². The molecule has 0 bridgehead atoms. The Morgan fingerprint density at radius 3 is 2.29 bits per heavy atom. The molecule has 0 unspecified atom stereocenters. The Kier molecular flexibility index (Phi) is 4.92. The monoisotopic (exact) mass is 322 g/mol. The molecular formula is C17H16Cl2O2. The van der Waals surface area contributed by atoms with Gasteiger partial charge in [-0.05, 0) is 50.1 Å². The van der Waals surface area contributed by atoms with Gasteiger partial charge < -0.3 is 4.74 Å². The first-order valence-corrected chi connectivity index (χ1v) is 7.33. The number of carbonyl (C=O) groups is 1. The van der Waals surface area contributed by atoms with Gasteiger partial charge in [0.25, 0.3) is 0 Å². The zero-order valence-corrected chi connectivity index (χ0v) is 13.7. The third-order valence-electron chi connectivity index (χ3n) is 3.18. The van der Waals surface area contributed by atoms with E-state index in [-0.39, 0.29) is 12.4 Å². The molecule has 2 rings (SSSR count). The summed E-state index contributed by atoms with van der Waals surface area (Å²) in [5, 5.41) is 0.857. The number of carbonyl (C=O) groups excluding carboxylic acids is 1. The number of hydrogen-bond donors (Lipinski definition) is 0. The Morgan fingerprint density at radius 2 is 1.67 bits per heavy atom. The fourth-order valence-electron chi connectivity index (χ4n) is 2.32. The maximum Gasteiger partial charge on any atom is 0.201 e. The van der Waals surface area contributed by atoms with E-state index in [1.54, 1.807) is 18.2 Å². The average molecular weight is 323 g/mol. The van der Waals surface area contributed by atoms with Crippen molar-refractivity contribution in [2.24, 2.45) is 0 Å². The van der Waals surface area contributed by atoms with E-state index >= 15 is 0 Å². The van der Waals surface area contributed by atoms with Crippen LogP contribution >= 0.6 is 23.2 Å². The second kappa shape index (κ2) is 6.50. The standard InChI is InChI=1S/C17H16Cl2O2/c1-10-6-11(2)17(12(3)7-10)21-9-16(20)14-8-13(18)4-5-15(14)19/h4-8H,9H2,1-3H3. The van der Waals surface area contributed by atoms with Gasteiger partial charge in [-0.3, -0.25) is 4.79 Å². The summed E-state index contributed by atoms with van der Waals surface area (Å²) in [7, 11) is 0. The van der Waals surface area contributed by atoms with Gasteiger partial charge in [0.05, 0.1) is 5.02 Å². The number of hydrogen-bond acceptors (Lipinski definition) is 2. The average Bonchev–Trinajstić information content (AvgIpc) is 2.40. The topological polar surface area (TPSA) is 26.3 Å². The lowest BCUT2D eigenvalue weighted by atomic mass is 10.1. The van der Waals surface area contributed by atoms with Crippen LogP contribution in [0, 0.1) is 20.8 Å². The normalized spacial score (nSPS) is 10.5. The smallest absolute Gasteiger partial charge is 0.201 e. The molecule has 2 aromatic carbocycles. The van der Waals surface area contributed by atoms with Crippen LogP contribution in [-0.4, -0.2) is 12.4 Å². The van der Waals surface area contributed by atoms with Gasteiger partial charge in [-0.15, -0.1) is 0 Å². The SMILES string of the molecule is Cc1cc(C)c(OCC(=O)c2cc(Cl)ccc2Cl)c(C)c1. The molecule has 110 valence electrons. The van der Waals surface area contributed by atoms with E-state index in [9.17, 15) is 4.79 Å². The van der Waals surface area contributed by atoms with Gasteiger partial charge in [-0.1, -0.05) is 40.9 Å². The lowest BCUT2D eigenvalue weighted by molar-refractivity contribution is 0.0921. The van der Waals surface area contributed by atoms with E-state index in [2.05, 4.69) is 0 Å². The molecular weight excluding hydrogens is 307 g/mol. The van der Waals surface area contributed by atoms with E-state index in [0.29, 0.717) is 15.6 Å². The lowest BCUT2D eigenvalue weighted by Crippen LogP contribution is -2.13. The molecule has 0 aromatic heterocycles. The first-order chi connectivity index (χ1) is 9.88. The highest BCUT2D eigenvalue weighted by Gasteiger charge is 2.13. The van der Waals surface area contributed by atoms with Crippen molar-refractivity contribution >= 4 is 29.0 Å². The Labute approximate surface area is 134 Å². The fourth-order valence-corrected chi connectivity index (χ4v) is 2.72. The van der Waals surface area contributed by atoms with Crippen molar-refractivity contribution in [1.29, 1.82) is 0 Å². The van der Waals surface area contributed by atoms with Gasteiger partial charge in [-0.25, -0.2) is 0 Å². The molecule has 0 amide bonds. The van der Waals surface area contributed by atoms with E-state index in [0.717, 1.165) is 16.9 Å². The first-order valence-electron chi connectivity index (χ1n) is 6.57. The number of ketones is 1. The number of rotatable bonds is 4. The van der Waals surface area contributed by atoms with Gasteiger partial charge >= 0.3 is 0 Å². The molecule has 2 aromatic rings. The van der Waals surface area contributed by atoms with Crippen LogP contribution in [-0.2, 0) is 0 Å². The number of Topliss-reactive ketones (excluding diaryl/α,β-unsaturated/α-hetero) is 1. The molecule has 0 aliphatic rings. The van der Waals surface area contributed by atoms with Crippen LogP contribution < -0.4 is 4.74 Å². The summed E-state index contributed by atoms with van der Waals surface area (Å²) in [6.07, 6.45) is 0. The summed E-state index contributed by atoms with van der Waals surface area (Å²) >= 11 is 11.9. The molecule has 2 nitrogen and oxygen atoms in total. The molecule has 0 saturated carbocycles. The van der Waals surface area contributed by atoms with Gasteiger partial charge in [0.2, 0.25) is 5.78 Å². The second-order valence-corrected chi connectivity index (χ2v) is 5.91. The molecule has 0 heterocycles. The predicted molar refractivity (Wildman–Crippen MR) is 86.9 cm³/mol. The number of halogens is 2. The van der Waals surface area contributed by atoms with E-state index in [4.69, 9.17) is 27.9 Å². The zero-order chi connectivity index (χ0) is 15.6. The van der Waals surface area contributed by atoms with Crippen LogP contribution in [0.3, 0.4) is 0 Å². The van der Waals surface area contributed by atoms with Crippen molar-refractivity contribution < 1.29 is 9.53 Å². The predicted octanol–water partition coefficient (Wildman–Crippen LogP) is 5.18. The summed E-state index contributed by atoms with van der Waals surface area (Å²) < 4.78 is 5.68. The molecule has 0 N–H and O–H groups in total. The summed E-state index contributed by atoms with van der Waals surface area (Å²) in [5.74, 6) is 0.550. The molecule has 0 aliphatic carbocycles. The Balaban J connectivity index is 2.17. The minimum Gasteiger partial charge on any atom is -0.485 e. The fraction of sp³-hybridized carbons (Fsp3) is 0.235. The number of benzene rings is 2. The molecule has 0 saturated heterocycles. The van der Waals surface area contributed by atoms with Crippen molar-refractivity contribution in [2.45, 2.75) is 20.8 Å². The number of ether oxygens (including phenoxy) is 1. The second-order valence-electron chi connectivity index (χ2n) is 5.06. The molecule has 4 heteroatoms. The third kappa shape index (κ3) is 3.78. The molecule has 0 atom stereocenters. The van der Waals surface area contributed by atoms with Crippen LogP contribution in [0.4, 0.5) is 0 Å². The van der Waals surface area contributed by atoms with Gasteiger partial charge in [0, 0.05) is 10.6 Å². The maximum absolute atomic E-state index is 12.2. The first kappa shape index (κ1) is 15.9. The van der Waals surface area contributed by atoms with Crippen LogP contribution in [0.25, 0.3) is 0 Å². The van der Waals surface area contributed by atoms with Gasteiger partial charge in [0.15, 0.2) is 6.61 Å². The lowest BCUT2D eigenvalue weighted by Gasteiger charge is -2.13. The Morgan fingerprint density at radius 1 is 1.05 bits per heavy atom. The Bertz CT molecular complexity index is 670. The van der Waals surface area contributed by atoms with Crippen molar-refractivity contribution in [1.82, 2.24) is 0 Å². The Hall–Kier alpha value is -1.51. The van der Waals surface area contributed by atoms with Crippen molar-refractivity contribution in [2.75, 3.05) is 6.61 Å². The highest BCUT2D eigenvalue weighted by molar-refractivity contribution is 6.35. The summed E-state index contributed by atoms with van der Waals surface area (Å²) in [4.78, 5) is 12.2. The van der Waals surface area contributed by atoms with E-state index < -0.39 is 0 Å². The molecule has 0 aliphatic heterocycles. The van der Waals surface area contributed by atoms with Crippen molar-refractivity contribution in [3.05, 3.63) is 62.6 Å². The quantitative estimate of drug-likeness (QED) is 0.725. The summed E-state index contributed by atoms with van der Waals surface area (Å²) in [6, 6.07) is 8.87. The number of aryl methyl sites for hydroxylation is 3. The van der Waals surface area contributed by atoms with Crippen molar-refractivity contribution in [3.63, 3.8) is 0 Å². The van der Waals surface area contributed by atoms with E-state index in [1.165, 1.54) is 5.56 Å². The minimum absolute atomic E-state index is 0.0647. The molecule has 0 fully saturated rings. The molecule has 21 heavy (non-hydrogen) atoms. The van der Waals surface area contributed by atoms with Crippen LogP contribution in [0.5, 0.6) is 5.75 Å². The zero-order valence-electron chi connectivity index (χ0n) is 12.2. The van der Waals surface area contributed by atoms with Crippen molar-refractivity contribution in [3.8, 4) is 5.75 Å². The maximum atomic E-state index is 12.2. The summed E-state index contributed by atoms with van der Waals surface area (Å²) in [6.45, 7) is 5.89. The molecule has 0 spiro atoms. The van der Waals surface area contributed by atoms with Crippen LogP contribution in [0.1, 0.15) is 27.0 Å². The van der Waals surface area contributed by atoms with Crippen LogP contribution in [0.2, 0.25) is 10.0 Å². The summed E-state index contributed by atoms with van der Waals surface area (Å²) in [5.41, 5.74) is 3.57. The van der Waals surface area contributed by atoms with E-state index in [1.807, 2.05) is 32.9 Å². The minimum atomic E-state index is -0.193. The highest BCUT2D eigenvalue weighted by atomic mass is 35.5. The van der Waals surface area contributed by atoms with Gasteiger partial charge in [0.1, 0.15) is 5.75 Å². The third-order valence-corrected chi connectivity index (χ3v) is 3.75. The highest BCUT2D eigenvalue weighted by Crippen LogP contribution is 2.26. The van der Waals surface area contributed by atoms with Gasteiger partial charge in [-0.2, -0.15) is 0 Å². The molecule has 0 radical (unpaired) electrons.